The molecule has 0 aromatic heterocycles. The maximum atomic E-state index is 11.1. The lowest BCUT2D eigenvalue weighted by Crippen LogP contribution is -2.45. The van der Waals surface area contributed by atoms with Crippen LogP contribution in [0.15, 0.2) is 0 Å². The van der Waals surface area contributed by atoms with E-state index in [1.54, 1.807) is 0 Å². The minimum Gasteiger partial charge on any atom is -0.378 e. The van der Waals surface area contributed by atoms with E-state index in [4.69, 9.17) is 4.74 Å². The summed E-state index contributed by atoms with van der Waals surface area (Å²) in [5.41, 5.74) is -0.455. The van der Waals surface area contributed by atoms with Crippen molar-refractivity contribution >= 4 is 10.0 Å². The molecule has 0 spiro atoms. The zero-order chi connectivity index (χ0) is 12.1. The van der Waals surface area contributed by atoms with Crippen molar-refractivity contribution < 1.29 is 13.2 Å². The second kappa shape index (κ2) is 5.82. The first-order chi connectivity index (χ1) is 6.70. The molecule has 5 heteroatoms. The summed E-state index contributed by atoms with van der Waals surface area (Å²) in [4.78, 5) is 0. The molecule has 1 unspecified atom stereocenters. The van der Waals surface area contributed by atoms with E-state index in [-0.39, 0.29) is 6.10 Å². The Labute approximate surface area is 93.4 Å². The first-order valence-electron chi connectivity index (χ1n) is 5.30. The van der Waals surface area contributed by atoms with Crippen molar-refractivity contribution in [1.29, 1.82) is 0 Å². The fourth-order valence-electron chi connectivity index (χ4n) is 1.67. The monoisotopic (exact) mass is 237 g/mol. The van der Waals surface area contributed by atoms with Gasteiger partial charge in [-0.05, 0) is 33.6 Å². The van der Waals surface area contributed by atoms with E-state index in [9.17, 15) is 8.42 Å². The SMILES string of the molecule is CCOC(CC)CC(C)(C)NS(C)(=O)=O. The fourth-order valence-corrected chi connectivity index (χ4v) is 2.76. The highest BCUT2D eigenvalue weighted by Crippen LogP contribution is 2.17. The number of ether oxygens (including phenoxy) is 1. The van der Waals surface area contributed by atoms with E-state index in [1.165, 1.54) is 6.26 Å². The zero-order valence-electron chi connectivity index (χ0n) is 10.3. The Morgan fingerprint density at radius 1 is 1.33 bits per heavy atom. The summed E-state index contributed by atoms with van der Waals surface area (Å²) < 4.78 is 30.4. The van der Waals surface area contributed by atoms with Crippen molar-refractivity contribution in [2.24, 2.45) is 0 Å². The summed E-state index contributed by atoms with van der Waals surface area (Å²) in [5, 5.41) is 0. The first-order valence-corrected chi connectivity index (χ1v) is 7.20. The molecule has 0 aromatic rings. The van der Waals surface area contributed by atoms with Gasteiger partial charge in [0.15, 0.2) is 0 Å². The van der Waals surface area contributed by atoms with Crippen LogP contribution in [0.5, 0.6) is 0 Å². The quantitative estimate of drug-likeness (QED) is 0.730. The van der Waals surface area contributed by atoms with Gasteiger partial charge in [0, 0.05) is 12.1 Å². The normalized spacial score (nSPS) is 15.3. The molecule has 4 nitrogen and oxygen atoms in total. The van der Waals surface area contributed by atoms with Crippen molar-refractivity contribution in [3.05, 3.63) is 0 Å². The van der Waals surface area contributed by atoms with Crippen LogP contribution < -0.4 is 4.72 Å². The summed E-state index contributed by atoms with van der Waals surface area (Å²) in [5.74, 6) is 0. The van der Waals surface area contributed by atoms with Crippen molar-refractivity contribution in [3.8, 4) is 0 Å². The van der Waals surface area contributed by atoms with Gasteiger partial charge in [0.25, 0.3) is 0 Å². The molecule has 92 valence electrons. The highest BCUT2D eigenvalue weighted by molar-refractivity contribution is 7.88. The number of sulfonamides is 1. The van der Waals surface area contributed by atoms with Crippen LogP contribution in [-0.2, 0) is 14.8 Å². The number of hydrogen-bond donors (Lipinski definition) is 1. The molecule has 0 saturated heterocycles. The van der Waals surface area contributed by atoms with E-state index in [1.807, 2.05) is 27.7 Å². The molecule has 0 radical (unpaired) electrons. The average molecular weight is 237 g/mol. The third kappa shape index (κ3) is 7.76. The Hall–Kier alpha value is -0.130. The van der Waals surface area contributed by atoms with Crippen molar-refractivity contribution in [2.45, 2.75) is 52.2 Å². The second-order valence-electron chi connectivity index (χ2n) is 4.45. The summed E-state index contributed by atoms with van der Waals surface area (Å²) in [6.45, 7) is 8.38. The van der Waals surface area contributed by atoms with Crippen LogP contribution >= 0.6 is 0 Å². The minimum atomic E-state index is -3.16. The molecular weight excluding hydrogens is 214 g/mol. The number of nitrogens with one attached hydrogen (secondary N) is 1. The van der Waals surface area contributed by atoms with Gasteiger partial charge in [-0.1, -0.05) is 6.92 Å². The summed E-state index contributed by atoms with van der Waals surface area (Å²) in [6, 6.07) is 0. The molecule has 0 aliphatic heterocycles. The molecule has 15 heavy (non-hydrogen) atoms. The molecule has 0 aliphatic carbocycles. The van der Waals surface area contributed by atoms with E-state index < -0.39 is 15.6 Å². The Morgan fingerprint density at radius 2 is 1.87 bits per heavy atom. The van der Waals surface area contributed by atoms with E-state index in [0.29, 0.717) is 13.0 Å². The molecule has 0 amide bonds. The Bertz CT molecular complexity index is 272. The Morgan fingerprint density at radius 3 is 2.20 bits per heavy atom. The smallest absolute Gasteiger partial charge is 0.209 e. The minimum absolute atomic E-state index is 0.110. The third-order valence-electron chi connectivity index (χ3n) is 2.06. The van der Waals surface area contributed by atoms with Gasteiger partial charge in [0.05, 0.1) is 12.4 Å². The molecule has 0 aromatic carbocycles. The van der Waals surface area contributed by atoms with Gasteiger partial charge >= 0.3 is 0 Å². The van der Waals surface area contributed by atoms with Crippen molar-refractivity contribution in [2.75, 3.05) is 12.9 Å². The fraction of sp³-hybridized carbons (Fsp3) is 1.00. The molecule has 1 N–H and O–H groups in total. The van der Waals surface area contributed by atoms with E-state index >= 15 is 0 Å². The molecule has 0 fully saturated rings. The van der Waals surface area contributed by atoms with Gasteiger partial charge in [0.1, 0.15) is 0 Å². The van der Waals surface area contributed by atoms with Crippen LogP contribution in [0, 0.1) is 0 Å². The summed E-state index contributed by atoms with van der Waals surface area (Å²) in [7, 11) is -3.16. The highest BCUT2D eigenvalue weighted by Gasteiger charge is 2.25. The lowest BCUT2D eigenvalue weighted by molar-refractivity contribution is 0.0396. The van der Waals surface area contributed by atoms with Gasteiger partial charge in [-0.25, -0.2) is 13.1 Å². The van der Waals surface area contributed by atoms with Crippen LogP contribution in [0.25, 0.3) is 0 Å². The van der Waals surface area contributed by atoms with Crippen molar-refractivity contribution in [1.82, 2.24) is 4.72 Å². The third-order valence-corrected chi connectivity index (χ3v) is 2.98. The molecule has 0 saturated carbocycles. The Kier molecular flexibility index (Phi) is 5.77. The van der Waals surface area contributed by atoms with E-state index in [0.717, 1.165) is 6.42 Å². The molecule has 0 bridgehead atoms. The van der Waals surface area contributed by atoms with Crippen LogP contribution in [0.2, 0.25) is 0 Å². The topological polar surface area (TPSA) is 55.4 Å². The van der Waals surface area contributed by atoms with Gasteiger partial charge in [-0.15, -0.1) is 0 Å². The highest BCUT2D eigenvalue weighted by atomic mass is 32.2. The largest absolute Gasteiger partial charge is 0.378 e. The van der Waals surface area contributed by atoms with E-state index in [2.05, 4.69) is 4.72 Å². The molecule has 1 atom stereocenters. The standard InChI is InChI=1S/C10H23NO3S/c1-6-9(14-7-2)8-10(3,4)11-15(5,12)13/h9,11H,6-8H2,1-5H3. The summed E-state index contributed by atoms with van der Waals surface area (Å²) >= 11 is 0. The van der Waals surface area contributed by atoms with Gasteiger partial charge < -0.3 is 4.74 Å². The number of hydrogen-bond acceptors (Lipinski definition) is 3. The van der Waals surface area contributed by atoms with Crippen LogP contribution in [0.1, 0.15) is 40.5 Å². The zero-order valence-corrected chi connectivity index (χ0v) is 11.1. The van der Waals surface area contributed by atoms with Gasteiger partial charge in [-0.3, -0.25) is 0 Å². The second-order valence-corrected chi connectivity index (χ2v) is 6.20. The number of rotatable bonds is 7. The summed E-state index contributed by atoms with van der Waals surface area (Å²) in [6.07, 6.45) is 2.86. The molecule has 0 rings (SSSR count). The first kappa shape index (κ1) is 14.9. The average Bonchev–Trinajstić information content (AvgIpc) is 1.98. The van der Waals surface area contributed by atoms with Crippen LogP contribution in [0.4, 0.5) is 0 Å². The van der Waals surface area contributed by atoms with Crippen LogP contribution in [-0.4, -0.2) is 32.9 Å². The van der Waals surface area contributed by atoms with Gasteiger partial charge in [0.2, 0.25) is 10.0 Å². The Balaban J connectivity index is 4.34. The lowest BCUT2D eigenvalue weighted by atomic mass is 9.97. The van der Waals surface area contributed by atoms with Crippen molar-refractivity contribution in [3.63, 3.8) is 0 Å². The predicted molar refractivity (Wildman–Crippen MR) is 62.4 cm³/mol. The lowest BCUT2D eigenvalue weighted by Gasteiger charge is -2.29. The molecule has 0 aliphatic rings. The maximum Gasteiger partial charge on any atom is 0.209 e. The van der Waals surface area contributed by atoms with Crippen LogP contribution in [0.3, 0.4) is 0 Å². The predicted octanol–water partition coefficient (Wildman–Crippen LogP) is 1.52. The van der Waals surface area contributed by atoms with Gasteiger partial charge in [-0.2, -0.15) is 0 Å². The molecule has 0 heterocycles. The molecular formula is C10H23NO3S. The maximum absolute atomic E-state index is 11.1.